The van der Waals surface area contributed by atoms with Crippen LogP contribution in [0.5, 0.6) is 0 Å². The average Bonchev–Trinajstić information content (AvgIpc) is 2.88. The van der Waals surface area contributed by atoms with Crippen molar-refractivity contribution < 1.29 is 4.79 Å². The Kier molecular flexibility index (Phi) is 7.22. The Morgan fingerprint density at radius 3 is 2.73 bits per heavy atom. The van der Waals surface area contributed by atoms with Crippen molar-refractivity contribution in [2.45, 2.75) is 52.4 Å². The number of aromatic nitrogens is 2. The molecule has 0 spiro atoms. The van der Waals surface area contributed by atoms with Gasteiger partial charge in [-0.15, -0.1) is 22.6 Å². The standard InChI is InChI=1S/C15H26N4OS.ClH/c1-10(11-6-5-7-16-9-11)8-12(20)17-14-19-18-13(21-14)15(2,3)4;/h10-11,16H,5-9H2,1-4H3,(H,17,19,20);1H. The largest absolute Gasteiger partial charge is 0.316 e. The maximum absolute atomic E-state index is 12.1. The van der Waals surface area contributed by atoms with E-state index >= 15 is 0 Å². The third-order valence-corrected chi connectivity index (χ3v) is 5.22. The lowest BCUT2D eigenvalue weighted by Gasteiger charge is -2.27. The number of hydrogen-bond donors (Lipinski definition) is 2. The summed E-state index contributed by atoms with van der Waals surface area (Å²) in [6.45, 7) is 10.6. The molecule has 22 heavy (non-hydrogen) atoms. The van der Waals surface area contributed by atoms with E-state index in [9.17, 15) is 4.79 Å². The Morgan fingerprint density at radius 1 is 1.45 bits per heavy atom. The third kappa shape index (κ3) is 5.48. The summed E-state index contributed by atoms with van der Waals surface area (Å²) in [4.78, 5) is 12.1. The van der Waals surface area contributed by atoms with Crippen LogP contribution in [0.25, 0.3) is 0 Å². The monoisotopic (exact) mass is 346 g/mol. The van der Waals surface area contributed by atoms with Gasteiger partial charge in [0.2, 0.25) is 11.0 Å². The van der Waals surface area contributed by atoms with Crippen LogP contribution in [0.1, 0.15) is 52.0 Å². The Balaban J connectivity index is 0.00000242. The van der Waals surface area contributed by atoms with Gasteiger partial charge in [0.25, 0.3) is 0 Å². The van der Waals surface area contributed by atoms with Crippen molar-refractivity contribution >= 4 is 34.8 Å². The van der Waals surface area contributed by atoms with Crippen molar-refractivity contribution in [3.8, 4) is 0 Å². The van der Waals surface area contributed by atoms with Crippen molar-refractivity contribution in [2.24, 2.45) is 11.8 Å². The van der Waals surface area contributed by atoms with E-state index in [4.69, 9.17) is 0 Å². The fourth-order valence-electron chi connectivity index (χ4n) is 2.57. The summed E-state index contributed by atoms with van der Waals surface area (Å²) in [7, 11) is 0. The Morgan fingerprint density at radius 2 is 2.18 bits per heavy atom. The first-order valence-electron chi connectivity index (χ1n) is 7.71. The molecule has 1 saturated heterocycles. The Bertz CT molecular complexity index is 480. The molecule has 0 aromatic carbocycles. The lowest BCUT2D eigenvalue weighted by atomic mass is 9.85. The molecule has 1 aromatic rings. The highest BCUT2D eigenvalue weighted by Crippen LogP contribution is 2.28. The summed E-state index contributed by atoms with van der Waals surface area (Å²) in [6, 6.07) is 0. The maximum atomic E-state index is 12.1. The fraction of sp³-hybridized carbons (Fsp3) is 0.800. The second kappa shape index (κ2) is 8.22. The predicted molar refractivity (Wildman–Crippen MR) is 93.9 cm³/mol. The van der Waals surface area contributed by atoms with Gasteiger partial charge in [0, 0.05) is 11.8 Å². The molecule has 1 fully saturated rings. The highest BCUT2D eigenvalue weighted by Gasteiger charge is 2.23. The van der Waals surface area contributed by atoms with Gasteiger partial charge in [-0.3, -0.25) is 4.79 Å². The number of carbonyl (C=O) groups is 1. The summed E-state index contributed by atoms with van der Waals surface area (Å²) in [5.74, 6) is 1.04. The topological polar surface area (TPSA) is 66.9 Å². The quantitative estimate of drug-likeness (QED) is 0.878. The van der Waals surface area contributed by atoms with Crippen LogP contribution in [0.15, 0.2) is 0 Å². The zero-order chi connectivity index (χ0) is 15.5. The van der Waals surface area contributed by atoms with Gasteiger partial charge in [0.05, 0.1) is 0 Å². The van der Waals surface area contributed by atoms with E-state index in [1.54, 1.807) is 0 Å². The van der Waals surface area contributed by atoms with Crippen LogP contribution in [0.2, 0.25) is 0 Å². The predicted octanol–water partition coefficient (Wildman–Crippen LogP) is 3.22. The number of nitrogens with one attached hydrogen (secondary N) is 2. The summed E-state index contributed by atoms with van der Waals surface area (Å²) in [5.41, 5.74) is -0.0261. The Labute approximate surface area is 143 Å². The maximum Gasteiger partial charge on any atom is 0.226 e. The van der Waals surface area contributed by atoms with Gasteiger partial charge in [-0.25, -0.2) is 0 Å². The van der Waals surface area contributed by atoms with Crippen molar-refractivity contribution in [3.05, 3.63) is 5.01 Å². The molecule has 2 rings (SSSR count). The third-order valence-electron chi connectivity index (χ3n) is 3.96. The van der Waals surface area contributed by atoms with E-state index in [1.807, 2.05) is 0 Å². The first-order valence-corrected chi connectivity index (χ1v) is 8.52. The molecule has 2 atom stereocenters. The van der Waals surface area contributed by atoms with Gasteiger partial charge in [-0.2, -0.15) is 0 Å². The van der Waals surface area contributed by atoms with Gasteiger partial charge in [0.1, 0.15) is 5.01 Å². The van der Waals surface area contributed by atoms with E-state index < -0.39 is 0 Å². The SMILES string of the molecule is CC(CC(=O)Nc1nnc(C(C)(C)C)s1)C1CCCNC1.Cl. The van der Waals surface area contributed by atoms with Gasteiger partial charge in [-0.05, 0) is 37.8 Å². The first kappa shape index (κ1) is 19.3. The number of piperidine rings is 1. The highest BCUT2D eigenvalue weighted by molar-refractivity contribution is 7.15. The van der Waals surface area contributed by atoms with E-state index in [2.05, 4.69) is 48.5 Å². The number of halogens is 1. The van der Waals surface area contributed by atoms with Crippen LogP contribution >= 0.6 is 23.7 Å². The number of nitrogens with zero attached hydrogens (tertiary/aromatic N) is 2. The normalized spacial score (nSPS) is 20.1. The van der Waals surface area contributed by atoms with Crippen LogP contribution in [-0.2, 0) is 10.2 Å². The van der Waals surface area contributed by atoms with Gasteiger partial charge in [-0.1, -0.05) is 39.0 Å². The molecule has 7 heteroatoms. The van der Waals surface area contributed by atoms with Crippen molar-refractivity contribution in [1.29, 1.82) is 0 Å². The molecule has 0 radical (unpaired) electrons. The fourth-order valence-corrected chi connectivity index (χ4v) is 3.39. The molecule has 0 saturated carbocycles. The minimum Gasteiger partial charge on any atom is -0.316 e. The van der Waals surface area contributed by atoms with Crippen molar-refractivity contribution in [3.63, 3.8) is 0 Å². The summed E-state index contributed by atoms with van der Waals surface area (Å²) in [6.07, 6.45) is 2.98. The molecule has 1 aromatic heterocycles. The smallest absolute Gasteiger partial charge is 0.226 e. The van der Waals surface area contributed by atoms with Gasteiger partial charge >= 0.3 is 0 Å². The van der Waals surface area contributed by atoms with Gasteiger partial charge in [0.15, 0.2) is 0 Å². The molecular formula is C15H27ClN4OS. The molecule has 1 aliphatic rings. The number of carbonyl (C=O) groups excluding carboxylic acids is 1. The lowest BCUT2D eigenvalue weighted by molar-refractivity contribution is -0.117. The van der Waals surface area contributed by atoms with E-state index in [-0.39, 0.29) is 23.7 Å². The number of amides is 1. The minimum atomic E-state index is -0.0261. The molecule has 2 N–H and O–H groups in total. The molecular weight excluding hydrogens is 320 g/mol. The molecule has 1 amide bonds. The average molecular weight is 347 g/mol. The number of rotatable bonds is 4. The van der Waals surface area contributed by atoms with Gasteiger partial charge < -0.3 is 10.6 Å². The van der Waals surface area contributed by atoms with Crippen LogP contribution < -0.4 is 10.6 Å². The lowest BCUT2D eigenvalue weighted by Crippen LogP contribution is -2.34. The van der Waals surface area contributed by atoms with Crippen LogP contribution in [0, 0.1) is 11.8 Å². The zero-order valence-electron chi connectivity index (χ0n) is 13.8. The molecule has 0 bridgehead atoms. The van der Waals surface area contributed by atoms with Crippen molar-refractivity contribution in [2.75, 3.05) is 18.4 Å². The van der Waals surface area contributed by atoms with Crippen molar-refractivity contribution in [1.82, 2.24) is 15.5 Å². The van der Waals surface area contributed by atoms with Crippen LogP contribution in [-0.4, -0.2) is 29.2 Å². The molecule has 1 aliphatic heterocycles. The highest BCUT2D eigenvalue weighted by atomic mass is 35.5. The molecule has 126 valence electrons. The Hall–Kier alpha value is -0.720. The zero-order valence-corrected chi connectivity index (χ0v) is 15.4. The summed E-state index contributed by atoms with van der Waals surface area (Å²) < 4.78 is 0. The molecule has 0 aliphatic carbocycles. The summed E-state index contributed by atoms with van der Waals surface area (Å²) >= 11 is 1.46. The van der Waals surface area contributed by atoms with E-state index in [1.165, 1.54) is 24.2 Å². The first-order chi connectivity index (χ1) is 9.86. The molecule has 2 unspecified atom stereocenters. The number of anilines is 1. The molecule has 5 nitrogen and oxygen atoms in total. The molecule has 2 heterocycles. The van der Waals surface area contributed by atoms with Crippen LogP contribution in [0.4, 0.5) is 5.13 Å². The van der Waals surface area contributed by atoms with Crippen LogP contribution in [0.3, 0.4) is 0 Å². The second-order valence-electron chi connectivity index (χ2n) is 7.00. The number of hydrogen-bond acceptors (Lipinski definition) is 5. The minimum absolute atomic E-state index is 0. The second-order valence-corrected chi connectivity index (χ2v) is 7.98. The van der Waals surface area contributed by atoms with E-state index in [0.29, 0.717) is 23.4 Å². The summed E-state index contributed by atoms with van der Waals surface area (Å²) in [5, 5.41) is 16.1. The van der Waals surface area contributed by atoms with E-state index in [0.717, 1.165) is 18.1 Å².